The molecule has 0 radical (unpaired) electrons. The van der Waals surface area contributed by atoms with Crippen molar-refractivity contribution in [3.63, 3.8) is 0 Å². The number of carbonyl (C=O) groups excluding carboxylic acids is 2. The molecule has 22 heavy (non-hydrogen) atoms. The van der Waals surface area contributed by atoms with Gasteiger partial charge in [0.2, 0.25) is 0 Å². The number of piperidine rings is 1. The maximum absolute atomic E-state index is 12.4. The topological polar surface area (TPSA) is 79.6 Å². The second kappa shape index (κ2) is 5.79. The van der Waals surface area contributed by atoms with E-state index >= 15 is 0 Å². The highest BCUT2D eigenvalue weighted by atomic mass is 16.6. The number of hydrogen-bond acceptors (Lipinski definition) is 5. The Kier molecular flexibility index (Phi) is 4.37. The fourth-order valence-electron chi connectivity index (χ4n) is 3.71. The van der Waals surface area contributed by atoms with E-state index in [0.29, 0.717) is 12.8 Å². The van der Waals surface area contributed by atoms with E-state index in [0.717, 1.165) is 12.8 Å². The van der Waals surface area contributed by atoms with Gasteiger partial charge in [-0.3, -0.25) is 4.79 Å². The molecule has 122 valence electrons. The molecule has 0 N–H and O–H groups in total. The standard InChI is InChI=1S/C16H24N2O4/c1-15(2,3)22-14(20)18-11-5-6-12(18)10-16(9-11,7-8-17)13(19)21-4/h11-12H,5-7,9-10H2,1-4H3/t11-,12+,16+. The molecule has 2 fully saturated rings. The van der Waals surface area contributed by atoms with E-state index in [9.17, 15) is 9.59 Å². The van der Waals surface area contributed by atoms with Crippen LogP contribution in [0.3, 0.4) is 0 Å². The van der Waals surface area contributed by atoms with E-state index in [-0.39, 0.29) is 30.6 Å². The minimum atomic E-state index is -0.784. The Labute approximate surface area is 131 Å². The second-order valence-corrected chi connectivity index (χ2v) is 7.29. The Morgan fingerprint density at radius 3 is 2.23 bits per heavy atom. The molecule has 0 aromatic carbocycles. The predicted octanol–water partition coefficient (Wildman–Crippen LogP) is 2.62. The van der Waals surface area contributed by atoms with Crippen LogP contribution in [0.4, 0.5) is 4.79 Å². The van der Waals surface area contributed by atoms with Gasteiger partial charge in [0, 0.05) is 12.1 Å². The minimum absolute atomic E-state index is 0.0546. The molecule has 2 aliphatic rings. The van der Waals surface area contributed by atoms with Crippen LogP contribution in [0.5, 0.6) is 0 Å². The maximum Gasteiger partial charge on any atom is 0.410 e. The SMILES string of the molecule is COC(=O)[C@@]1(CC#N)C[C@H]2CC[C@@H](C1)N2C(=O)OC(C)(C)C. The van der Waals surface area contributed by atoms with Crippen molar-refractivity contribution in [3.8, 4) is 6.07 Å². The molecule has 2 heterocycles. The third-order valence-electron chi connectivity index (χ3n) is 4.51. The first kappa shape index (κ1) is 16.6. The summed E-state index contributed by atoms with van der Waals surface area (Å²) in [6, 6.07) is 2.00. The number of nitrogens with zero attached hydrogens (tertiary/aromatic N) is 2. The number of carbonyl (C=O) groups is 2. The number of rotatable bonds is 2. The molecule has 1 amide bonds. The van der Waals surface area contributed by atoms with E-state index in [1.165, 1.54) is 7.11 Å². The Morgan fingerprint density at radius 1 is 1.27 bits per heavy atom. The fraction of sp³-hybridized carbons (Fsp3) is 0.812. The number of amides is 1. The number of hydrogen-bond donors (Lipinski definition) is 0. The maximum atomic E-state index is 12.4. The quantitative estimate of drug-likeness (QED) is 0.733. The van der Waals surface area contributed by atoms with E-state index in [4.69, 9.17) is 14.7 Å². The van der Waals surface area contributed by atoms with E-state index in [1.54, 1.807) is 4.90 Å². The number of esters is 1. The first-order valence-corrected chi connectivity index (χ1v) is 7.69. The average Bonchev–Trinajstić information content (AvgIpc) is 2.69. The van der Waals surface area contributed by atoms with Crippen molar-refractivity contribution >= 4 is 12.1 Å². The number of ether oxygens (including phenoxy) is 2. The monoisotopic (exact) mass is 308 g/mol. The predicted molar refractivity (Wildman–Crippen MR) is 78.8 cm³/mol. The van der Waals surface area contributed by atoms with Crippen molar-refractivity contribution in [2.75, 3.05) is 7.11 Å². The van der Waals surface area contributed by atoms with Gasteiger partial charge >= 0.3 is 12.1 Å². The molecule has 2 saturated heterocycles. The summed E-state index contributed by atoms with van der Waals surface area (Å²) >= 11 is 0. The van der Waals surface area contributed by atoms with Crippen LogP contribution < -0.4 is 0 Å². The average molecular weight is 308 g/mol. The fourth-order valence-corrected chi connectivity index (χ4v) is 3.71. The molecule has 2 aliphatic heterocycles. The lowest BCUT2D eigenvalue weighted by Gasteiger charge is -2.44. The Morgan fingerprint density at radius 2 is 1.82 bits per heavy atom. The van der Waals surface area contributed by atoms with Crippen molar-refractivity contribution in [3.05, 3.63) is 0 Å². The van der Waals surface area contributed by atoms with Gasteiger partial charge in [0.25, 0.3) is 0 Å². The van der Waals surface area contributed by atoms with Crippen LogP contribution in [-0.4, -0.2) is 41.8 Å². The van der Waals surface area contributed by atoms with Crippen molar-refractivity contribution in [1.82, 2.24) is 4.90 Å². The first-order chi connectivity index (χ1) is 10.2. The molecule has 0 aliphatic carbocycles. The zero-order chi connectivity index (χ0) is 16.5. The molecule has 6 nitrogen and oxygen atoms in total. The molecular formula is C16H24N2O4. The van der Waals surface area contributed by atoms with Gasteiger partial charge in [0.05, 0.1) is 25.0 Å². The molecule has 0 spiro atoms. The summed E-state index contributed by atoms with van der Waals surface area (Å²) in [6.07, 6.45) is 2.44. The summed E-state index contributed by atoms with van der Waals surface area (Å²) in [6.45, 7) is 5.52. The van der Waals surface area contributed by atoms with Crippen molar-refractivity contribution in [2.45, 2.75) is 70.6 Å². The van der Waals surface area contributed by atoms with Crippen LogP contribution in [-0.2, 0) is 14.3 Å². The van der Waals surface area contributed by atoms with Crippen molar-refractivity contribution in [2.24, 2.45) is 5.41 Å². The van der Waals surface area contributed by atoms with Gasteiger partial charge in [-0.25, -0.2) is 4.79 Å². The van der Waals surface area contributed by atoms with Crippen LogP contribution in [0.2, 0.25) is 0 Å². The largest absolute Gasteiger partial charge is 0.469 e. The van der Waals surface area contributed by atoms with Crippen LogP contribution in [0.15, 0.2) is 0 Å². The number of nitriles is 1. The minimum Gasteiger partial charge on any atom is -0.469 e. The lowest BCUT2D eigenvalue weighted by molar-refractivity contribution is -0.157. The molecule has 3 atom stereocenters. The second-order valence-electron chi connectivity index (χ2n) is 7.29. The zero-order valence-corrected chi connectivity index (χ0v) is 13.7. The van der Waals surface area contributed by atoms with Gasteiger partial charge in [0.1, 0.15) is 5.60 Å². The number of fused-ring (bicyclic) bond motifs is 2. The summed E-state index contributed by atoms with van der Waals surface area (Å²) in [4.78, 5) is 26.4. The Balaban J connectivity index is 2.19. The lowest BCUT2D eigenvalue weighted by Crippen LogP contribution is -2.54. The van der Waals surface area contributed by atoms with Gasteiger partial charge in [0.15, 0.2) is 0 Å². The van der Waals surface area contributed by atoms with Gasteiger partial charge in [-0.15, -0.1) is 0 Å². The molecular weight excluding hydrogens is 284 g/mol. The summed E-state index contributed by atoms with van der Waals surface area (Å²) in [7, 11) is 1.35. The van der Waals surface area contributed by atoms with Gasteiger partial charge < -0.3 is 14.4 Å². The van der Waals surface area contributed by atoms with Gasteiger partial charge in [-0.2, -0.15) is 5.26 Å². The Hall–Kier alpha value is -1.77. The summed E-state index contributed by atoms with van der Waals surface area (Å²) in [5.74, 6) is -0.338. The van der Waals surface area contributed by atoms with Gasteiger partial charge in [-0.05, 0) is 46.5 Å². The lowest BCUT2D eigenvalue weighted by atomic mass is 9.73. The zero-order valence-electron chi connectivity index (χ0n) is 13.7. The molecule has 0 unspecified atom stereocenters. The van der Waals surface area contributed by atoms with Crippen LogP contribution in [0, 0.1) is 16.7 Å². The van der Waals surface area contributed by atoms with Crippen LogP contribution in [0.1, 0.15) is 52.9 Å². The summed E-state index contributed by atoms with van der Waals surface area (Å²) in [5.41, 5.74) is -1.33. The first-order valence-electron chi connectivity index (χ1n) is 7.69. The molecule has 0 saturated carbocycles. The van der Waals surface area contributed by atoms with E-state index in [1.807, 2.05) is 20.8 Å². The Bertz CT molecular complexity index is 489. The highest BCUT2D eigenvalue weighted by molar-refractivity contribution is 5.78. The molecule has 6 heteroatoms. The molecule has 2 rings (SSSR count). The highest BCUT2D eigenvalue weighted by Gasteiger charge is 2.54. The van der Waals surface area contributed by atoms with E-state index in [2.05, 4.69) is 6.07 Å². The molecule has 2 bridgehead atoms. The third-order valence-corrected chi connectivity index (χ3v) is 4.51. The normalized spacial score (nSPS) is 30.6. The smallest absolute Gasteiger partial charge is 0.410 e. The summed E-state index contributed by atoms with van der Waals surface area (Å²) < 4.78 is 10.4. The molecule has 0 aromatic heterocycles. The highest BCUT2D eigenvalue weighted by Crippen LogP contribution is 2.48. The third kappa shape index (κ3) is 3.03. The number of methoxy groups -OCH3 is 1. The van der Waals surface area contributed by atoms with E-state index < -0.39 is 11.0 Å². The summed E-state index contributed by atoms with van der Waals surface area (Å²) in [5, 5.41) is 9.09. The van der Waals surface area contributed by atoms with Crippen molar-refractivity contribution < 1.29 is 19.1 Å². The van der Waals surface area contributed by atoms with Crippen molar-refractivity contribution in [1.29, 1.82) is 5.26 Å². The van der Waals surface area contributed by atoms with Crippen LogP contribution >= 0.6 is 0 Å². The van der Waals surface area contributed by atoms with Gasteiger partial charge in [-0.1, -0.05) is 0 Å². The molecule has 0 aromatic rings. The van der Waals surface area contributed by atoms with Crippen LogP contribution in [0.25, 0.3) is 0 Å².